The third-order valence-corrected chi connectivity index (χ3v) is 3.91. The van der Waals surface area contributed by atoms with Gasteiger partial charge in [-0.05, 0) is 31.0 Å². The van der Waals surface area contributed by atoms with Gasteiger partial charge in [0.05, 0.1) is 0 Å². The van der Waals surface area contributed by atoms with Crippen LogP contribution in [0.3, 0.4) is 0 Å². The van der Waals surface area contributed by atoms with Crippen molar-refractivity contribution in [3.8, 4) is 0 Å². The minimum Gasteiger partial charge on any atom is -0.479 e. The Balaban J connectivity index is 2.47. The zero-order chi connectivity index (χ0) is 14.2. The maximum absolute atomic E-state index is 11.7. The topological polar surface area (TPSA) is 57.6 Å². The molecule has 0 aliphatic heterocycles. The van der Waals surface area contributed by atoms with Crippen molar-refractivity contribution in [2.24, 2.45) is 0 Å². The number of carbonyl (C=O) groups is 2. The quantitative estimate of drug-likeness (QED) is 0.910. The van der Waals surface area contributed by atoms with Gasteiger partial charge in [0.15, 0.2) is 6.04 Å². The summed E-state index contributed by atoms with van der Waals surface area (Å²) in [6.07, 6.45) is 1.68. The smallest absolute Gasteiger partial charge is 0.331 e. The molecule has 2 rings (SSSR count). The molecule has 0 saturated heterocycles. The predicted octanol–water partition coefficient (Wildman–Crippen LogP) is 3.24. The van der Waals surface area contributed by atoms with Gasteiger partial charge in [-0.3, -0.25) is 4.79 Å². The molecule has 0 heterocycles. The van der Waals surface area contributed by atoms with Gasteiger partial charge in [-0.15, -0.1) is 0 Å². The third-order valence-electron chi connectivity index (χ3n) is 3.07. The first-order valence-electron chi connectivity index (χ1n) is 5.88. The molecule has 1 fully saturated rings. The number of hydrogen-bond acceptors (Lipinski definition) is 2. The van der Waals surface area contributed by atoms with Crippen molar-refractivity contribution in [1.82, 2.24) is 4.90 Å². The molecule has 19 heavy (non-hydrogen) atoms. The van der Waals surface area contributed by atoms with Gasteiger partial charge in [0.1, 0.15) is 0 Å². The van der Waals surface area contributed by atoms with Crippen molar-refractivity contribution in [3.05, 3.63) is 33.3 Å². The van der Waals surface area contributed by atoms with E-state index >= 15 is 0 Å². The van der Waals surface area contributed by atoms with Crippen molar-refractivity contribution in [1.29, 1.82) is 0 Å². The Morgan fingerprint density at radius 1 is 1.47 bits per heavy atom. The largest absolute Gasteiger partial charge is 0.479 e. The van der Waals surface area contributed by atoms with E-state index in [-0.39, 0.29) is 11.9 Å². The Morgan fingerprint density at radius 3 is 2.58 bits per heavy atom. The fourth-order valence-electron chi connectivity index (χ4n) is 2.13. The van der Waals surface area contributed by atoms with Gasteiger partial charge in [-0.1, -0.05) is 27.5 Å². The van der Waals surface area contributed by atoms with Crippen LogP contribution in [0.2, 0.25) is 5.02 Å². The number of benzene rings is 1. The highest BCUT2D eigenvalue weighted by Crippen LogP contribution is 2.37. The van der Waals surface area contributed by atoms with E-state index < -0.39 is 12.0 Å². The van der Waals surface area contributed by atoms with E-state index in [0.29, 0.717) is 10.6 Å². The van der Waals surface area contributed by atoms with Gasteiger partial charge >= 0.3 is 5.97 Å². The van der Waals surface area contributed by atoms with Crippen LogP contribution >= 0.6 is 27.5 Å². The zero-order valence-electron chi connectivity index (χ0n) is 10.3. The molecule has 1 aromatic carbocycles. The van der Waals surface area contributed by atoms with E-state index in [2.05, 4.69) is 15.9 Å². The molecule has 1 aliphatic rings. The SMILES string of the molecule is CC(=O)N(C1CC1)C(C(=O)O)c1cc(Br)ccc1Cl. The molecular weight excluding hydrogens is 334 g/mol. The average Bonchev–Trinajstić information content (AvgIpc) is 3.12. The maximum atomic E-state index is 11.7. The predicted molar refractivity (Wildman–Crippen MR) is 75.1 cm³/mol. The molecule has 1 saturated carbocycles. The summed E-state index contributed by atoms with van der Waals surface area (Å²) in [6.45, 7) is 1.39. The molecule has 1 amide bonds. The van der Waals surface area contributed by atoms with Crippen LogP contribution in [0, 0.1) is 0 Å². The molecule has 102 valence electrons. The fourth-order valence-corrected chi connectivity index (χ4v) is 2.73. The first-order valence-corrected chi connectivity index (χ1v) is 7.05. The summed E-state index contributed by atoms with van der Waals surface area (Å²) < 4.78 is 0.734. The normalized spacial score (nSPS) is 15.9. The Kier molecular flexibility index (Phi) is 4.16. The Labute approximate surface area is 124 Å². The summed E-state index contributed by atoms with van der Waals surface area (Å²) in [5.41, 5.74) is 0.436. The molecule has 1 atom stereocenters. The summed E-state index contributed by atoms with van der Waals surface area (Å²) in [7, 11) is 0. The maximum Gasteiger partial charge on any atom is 0.331 e. The lowest BCUT2D eigenvalue weighted by molar-refractivity contribution is -0.150. The first-order chi connectivity index (χ1) is 8.91. The molecule has 0 bridgehead atoms. The number of hydrogen-bond donors (Lipinski definition) is 1. The molecule has 1 aliphatic carbocycles. The first kappa shape index (κ1) is 14.3. The van der Waals surface area contributed by atoms with E-state index in [1.54, 1.807) is 18.2 Å². The van der Waals surface area contributed by atoms with Crippen LogP contribution in [0.5, 0.6) is 0 Å². The number of halogens is 2. The number of carbonyl (C=O) groups excluding carboxylic acids is 1. The van der Waals surface area contributed by atoms with Gasteiger partial charge in [0.2, 0.25) is 5.91 Å². The van der Waals surface area contributed by atoms with Crippen molar-refractivity contribution < 1.29 is 14.7 Å². The highest BCUT2D eigenvalue weighted by molar-refractivity contribution is 9.10. The lowest BCUT2D eigenvalue weighted by atomic mass is 10.0. The molecule has 4 nitrogen and oxygen atoms in total. The van der Waals surface area contributed by atoms with Crippen LogP contribution < -0.4 is 0 Å². The minimum atomic E-state index is -1.07. The van der Waals surface area contributed by atoms with E-state index in [1.807, 2.05) is 0 Å². The lowest BCUT2D eigenvalue weighted by Crippen LogP contribution is -2.39. The lowest BCUT2D eigenvalue weighted by Gasteiger charge is -2.29. The van der Waals surface area contributed by atoms with E-state index in [4.69, 9.17) is 11.6 Å². The second-order valence-corrected chi connectivity index (χ2v) is 5.89. The van der Waals surface area contributed by atoms with Crippen LogP contribution in [0.4, 0.5) is 0 Å². The highest BCUT2D eigenvalue weighted by Gasteiger charge is 2.40. The van der Waals surface area contributed by atoms with Crippen LogP contribution in [-0.4, -0.2) is 27.9 Å². The summed E-state index contributed by atoms with van der Waals surface area (Å²) in [5, 5.41) is 9.82. The number of amides is 1. The second kappa shape index (κ2) is 5.51. The molecule has 0 spiro atoms. The van der Waals surface area contributed by atoms with Crippen molar-refractivity contribution in [3.63, 3.8) is 0 Å². The van der Waals surface area contributed by atoms with Crippen molar-refractivity contribution in [2.45, 2.75) is 31.8 Å². The van der Waals surface area contributed by atoms with Crippen LogP contribution in [0.1, 0.15) is 31.4 Å². The van der Waals surface area contributed by atoms with E-state index in [9.17, 15) is 14.7 Å². The number of nitrogens with zero attached hydrogens (tertiary/aromatic N) is 1. The van der Waals surface area contributed by atoms with Gasteiger partial charge in [0.25, 0.3) is 0 Å². The Bertz CT molecular complexity index is 531. The summed E-state index contributed by atoms with van der Waals surface area (Å²) in [4.78, 5) is 24.7. The summed E-state index contributed by atoms with van der Waals surface area (Å²) >= 11 is 9.38. The Hall–Kier alpha value is -1.07. The average molecular weight is 347 g/mol. The fraction of sp³-hybridized carbons (Fsp3) is 0.385. The number of aliphatic carboxylic acids is 1. The molecule has 1 aromatic rings. The molecule has 0 aromatic heterocycles. The third kappa shape index (κ3) is 3.09. The number of carboxylic acid groups (broad SMARTS) is 1. The van der Waals surface area contributed by atoms with Crippen molar-refractivity contribution >= 4 is 39.4 Å². The molecule has 1 unspecified atom stereocenters. The Morgan fingerprint density at radius 2 is 2.11 bits per heavy atom. The zero-order valence-corrected chi connectivity index (χ0v) is 12.6. The van der Waals surface area contributed by atoms with E-state index in [0.717, 1.165) is 17.3 Å². The molecule has 1 N–H and O–H groups in total. The van der Waals surface area contributed by atoms with Gasteiger partial charge in [0, 0.05) is 28.0 Å². The van der Waals surface area contributed by atoms with Gasteiger partial charge < -0.3 is 10.0 Å². The summed E-state index contributed by atoms with van der Waals surface area (Å²) in [5.74, 6) is -1.31. The molecule has 0 radical (unpaired) electrons. The van der Waals surface area contributed by atoms with Crippen LogP contribution in [-0.2, 0) is 9.59 Å². The monoisotopic (exact) mass is 345 g/mol. The number of rotatable bonds is 4. The molecule has 6 heteroatoms. The highest BCUT2D eigenvalue weighted by atomic mass is 79.9. The number of carboxylic acids is 1. The standard InChI is InChI=1S/C13H13BrClNO3/c1-7(17)16(9-3-4-9)12(13(18)19)10-6-8(14)2-5-11(10)15/h2,5-6,9,12H,3-4H2,1H3,(H,18,19). The van der Waals surface area contributed by atoms with Gasteiger partial charge in [-0.25, -0.2) is 4.79 Å². The van der Waals surface area contributed by atoms with Crippen molar-refractivity contribution in [2.75, 3.05) is 0 Å². The molecular formula is C13H13BrClNO3. The van der Waals surface area contributed by atoms with Crippen LogP contribution in [0.15, 0.2) is 22.7 Å². The second-order valence-electron chi connectivity index (χ2n) is 4.56. The van der Waals surface area contributed by atoms with Crippen LogP contribution in [0.25, 0.3) is 0 Å². The van der Waals surface area contributed by atoms with Gasteiger partial charge in [-0.2, -0.15) is 0 Å². The minimum absolute atomic E-state index is 0.00801. The summed E-state index contributed by atoms with van der Waals surface area (Å²) in [6, 6.07) is 3.99. The van der Waals surface area contributed by atoms with E-state index in [1.165, 1.54) is 11.8 Å².